The van der Waals surface area contributed by atoms with Crippen molar-refractivity contribution >= 4 is 17.7 Å². The van der Waals surface area contributed by atoms with Crippen LogP contribution in [0.5, 0.6) is 0 Å². The summed E-state index contributed by atoms with van der Waals surface area (Å²) in [6.45, 7) is 1.10. The Bertz CT molecular complexity index is 515. The summed E-state index contributed by atoms with van der Waals surface area (Å²) in [6, 6.07) is 3.42. The van der Waals surface area contributed by atoms with Crippen LogP contribution in [0.2, 0.25) is 0 Å². The van der Waals surface area contributed by atoms with Crippen LogP contribution in [0.4, 0.5) is 23.7 Å². The number of urea groups is 1. The number of alkyl halides is 3. The van der Waals surface area contributed by atoms with Crippen molar-refractivity contribution in [3.8, 4) is 0 Å². The standard InChI is InChI=1S/C12H13F3N2O3/c1-7-2-3-9(8(6-7)10(18)19)17-11(20)16-5-4-12(13,14)15/h2-3,6H,4-5H2,1H3,(H,18,19)(H2,16,17,20). The lowest BCUT2D eigenvalue weighted by atomic mass is 10.1. The van der Waals surface area contributed by atoms with Crippen LogP contribution in [0.15, 0.2) is 18.2 Å². The van der Waals surface area contributed by atoms with Crippen molar-refractivity contribution in [1.82, 2.24) is 5.32 Å². The van der Waals surface area contributed by atoms with Crippen molar-refractivity contribution in [3.05, 3.63) is 29.3 Å². The first kappa shape index (κ1) is 15.8. The lowest BCUT2D eigenvalue weighted by Crippen LogP contribution is -2.32. The number of rotatable bonds is 4. The van der Waals surface area contributed by atoms with Crippen LogP contribution in [-0.2, 0) is 0 Å². The molecule has 1 aromatic rings. The number of halogens is 3. The molecule has 0 bridgehead atoms. The number of benzene rings is 1. The quantitative estimate of drug-likeness (QED) is 0.797. The summed E-state index contributed by atoms with van der Waals surface area (Å²) in [5.41, 5.74) is 0.578. The summed E-state index contributed by atoms with van der Waals surface area (Å²) < 4.78 is 35.7. The van der Waals surface area contributed by atoms with E-state index >= 15 is 0 Å². The van der Waals surface area contributed by atoms with Gasteiger partial charge in [-0.15, -0.1) is 0 Å². The van der Waals surface area contributed by atoms with Gasteiger partial charge in [0.25, 0.3) is 0 Å². The van der Waals surface area contributed by atoms with E-state index in [-0.39, 0.29) is 11.3 Å². The lowest BCUT2D eigenvalue weighted by Gasteiger charge is -2.11. The molecule has 0 fully saturated rings. The number of carboxylic acid groups (broad SMARTS) is 1. The highest BCUT2D eigenvalue weighted by molar-refractivity contribution is 6.00. The summed E-state index contributed by atoms with van der Waals surface area (Å²) in [6.07, 6.45) is -5.51. The van der Waals surface area contributed by atoms with Gasteiger partial charge < -0.3 is 15.7 Å². The number of nitrogens with one attached hydrogen (secondary N) is 2. The minimum absolute atomic E-state index is 0.0209. The number of anilines is 1. The highest BCUT2D eigenvalue weighted by atomic mass is 19.4. The van der Waals surface area contributed by atoms with Crippen LogP contribution in [0.1, 0.15) is 22.3 Å². The molecule has 20 heavy (non-hydrogen) atoms. The Morgan fingerprint density at radius 2 is 1.95 bits per heavy atom. The fourth-order valence-electron chi connectivity index (χ4n) is 1.43. The van der Waals surface area contributed by atoms with Gasteiger partial charge in [0.15, 0.2) is 0 Å². The van der Waals surface area contributed by atoms with E-state index in [1.165, 1.54) is 12.1 Å². The van der Waals surface area contributed by atoms with E-state index in [0.717, 1.165) is 0 Å². The first-order valence-corrected chi connectivity index (χ1v) is 5.64. The van der Waals surface area contributed by atoms with Gasteiger partial charge in [-0.25, -0.2) is 9.59 Å². The smallest absolute Gasteiger partial charge is 0.390 e. The number of aromatic carboxylic acids is 1. The first-order valence-electron chi connectivity index (χ1n) is 5.64. The molecular weight excluding hydrogens is 277 g/mol. The molecule has 0 heterocycles. The average molecular weight is 290 g/mol. The SMILES string of the molecule is Cc1ccc(NC(=O)NCCC(F)(F)F)c(C(=O)O)c1. The van der Waals surface area contributed by atoms with E-state index in [2.05, 4.69) is 5.32 Å². The zero-order valence-electron chi connectivity index (χ0n) is 10.5. The maximum Gasteiger partial charge on any atom is 0.390 e. The van der Waals surface area contributed by atoms with Gasteiger partial charge in [-0.1, -0.05) is 11.6 Å². The minimum atomic E-state index is -4.36. The summed E-state index contributed by atoms with van der Waals surface area (Å²) >= 11 is 0. The number of aryl methyl sites for hydroxylation is 1. The van der Waals surface area contributed by atoms with E-state index in [4.69, 9.17) is 5.11 Å². The van der Waals surface area contributed by atoms with Gasteiger partial charge in [-0.2, -0.15) is 13.2 Å². The van der Waals surface area contributed by atoms with Gasteiger partial charge in [-0.05, 0) is 19.1 Å². The molecule has 110 valence electrons. The fraction of sp³-hybridized carbons (Fsp3) is 0.333. The largest absolute Gasteiger partial charge is 0.478 e. The van der Waals surface area contributed by atoms with Gasteiger partial charge >= 0.3 is 18.2 Å². The molecular formula is C12H13F3N2O3. The Hall–Kier alpha value is -2.25. The van der Waals surface area contributed by atoms with Crippen molar-refractivity contribution in [2.75, 3.05) is 11.9 Å². The first-order chi connectivity index (χ1) is 9.19. The Morgan fingerprint density at radius 1 is 1.30 bits per heavy atom. The molecule has 0 aliphatic rings. The van der Waals surface area contributed by atoms with Crippen LogP contribution in [-0.4, -0.2) is 29.8 Å². The van der Waals surface area contributed by atoms with Gasteiger partial charge in [0, 0.05) is 6.54 Å². The second-order valence-corrected chi connectivity index (χ2v) is 4.10. The van der Waals surface area contributed by atoms with Crippen molar-refractivity contribution in [3.63, 3.8) is 0 Å². The molecule has 1 aromatic carbocycles. The van der Waals surface area contributed by atoms with E-state index in [1.807, 2.05) is 5.32 Å². The summed E-state index contributed by atoms with van der Waals surface area (Å²) in [4.78, 5) is 22.4. The van der Waals surface area contributed by atoms with E-state index in [0.29, 0.717) is 5.56 Å². The van der Waals surface area contributed by atoms with Crippen molar-refractivity contribution in [2.24, 2.45) is 0 Å². The molecule has 1 rings (SSSR count). The summed E-state index contributed by atoms with van der Waals surface area (Å²) in [5.74, 6) is -1.24. The highest BCUT2D eigenvalue weighted by Gasteiger charge is 2.26. The van der Waals surface area contributed by atoms with Crippen molar-refractivity contribution in [1.29, 1.82) is 0 Å². The van der Waals surface area contributed by atoms with Crippen LogP contribution < -0.4 is 10.6 Å². The topological polar surface area (TPSA) is 78.4 Å². The second-order valence-electron chi connectivity index (χ2n) is 4.10. The van der Waals surface area contributed by atoms with E-state index in [9.17, 15) is 22.8 Å². The minimum Gasteiger partial charge on any atom is -0.478 e. The predicted octanol–water partition coefficient (Wildman–Crippen LogP) is 2.77. The van der Waals surface area contributed by atoms with Gasteiger partial charge in [0.2, 0.25) is 0 Å². The van der Waals surface area contributed by atoms with E-state index in [1.54, 1.807) is 13.0 Å². The molecule has 5 nitrogen and oxygen atoms in total. The normalized spacial score (nSPS) is 11.0. The predicted molar refractivity (Wildman–Crippen MR) is 65.8 cm³/mol. The van der Waals surface area contributed by atoms with Gasteiger partial charge in [-0.3, -0.25) is 0 Å². The molecule has 0 radical (unpaired) electrons. The lowest BCUT2D eigenvalue weighted by molar-refractivity contribution is -0.132. The Morgan fingerprint density at radius 3 is 2.50 bits per heavy atom. The van der Waals surface area contributed by atoms with E-state index < -0.39 is 31.1 Å². The third-order valence-corrected chi connectivity index (χ3v) is 2.35. The Balaban J connectivity index is 2.64. The molecule has 2 amide bonds. The van der Waals surface area contributed by atoms with Crippen LogP contribution in [0.25, 0.3) is 0 Å². The number of carbonyl (C=O) groups excluding carboxylic acids is 1. The maximum atomic E-state index is 11.9. The second kappa shape index (κ2) is 6.27. The van der Waals surface area contributed by atoms with Crippen LogP contribution >= 0.6 is 0 Å². The molecule has 0 unspecified atom stereocenters. The molecule has 0 saturated heterocycles. The third kappa shape index (κ3) is 5.17. The van der Waals surface area contributed by atoms with Crippen LogP contribution in [0, 0.1) is 6.92 Å². The number of amides is 2. The Labute approximate surface area is 112 Å². The zero-order chi connectivity index (χ0) is 15.3. The molecule has 0 aliphatic heterocycles. The summed E-state index contributed by atoms with van der Waals surface area (Å²) in [7, 11) is 0. The van der Waals surface area contributed by atoms with Crippen molar-refractivity contribution in [2.45, 2.75) is 19.5 Å². The molecule has 3 N–H and O–H groups in total. The van der Waals surface area contributed by atoms with Crippen molar-refractivity contribution < 1.29 is 27.9 Å². The molecule has 0 spiro atoms. The number of hydrogen-bond donors (Lipinski definition) is 3. The van der Waals surface area contributed by atoms with Gasteiger partial charge in [0.05, 0.1) is 17.7 Å². The molecule has 0 aromatic heterocycles. The average Bonchev–Trinajstić information content (AvgIpc) is 2.29. The molecule has 0 atom stereocenters. The maximum absolute atomic E-state index is 11.9. The molecule has 0 aliphatic carbocycles. The van der Waals surface area contributed by atoms with Gasteiger partial charge in [0.1, 0.15) is 0 Å². The number of carbonyl (C=O) groups is 2. The number of carboxylic acids is 1. The summed E-state index contributed by atoms with van der Waals surface area (Å²) in [5, 5.41) is 13.2. The van der Waals surface area contributed by atoms with Crippen LogP contribution in [0.3, 0.4) is 0 Å². The highest BCUT2D eigenvalue weighted by Crippen LogP contribution is 2.19. The molecule has 8 heteroatoms. The third-order valence-electron chi connectivity index (χ3n) is 2.35. The fourth-order valence-corrected chi connectivity index (χ4v) is 1.43. The zero-order valence-corrected chi connectivity index (χ0v) is 10.5. The number of hydrogen-bond acceptors (Lipinski definition) is 2. The molecule has 0 saturated carbocycles. The Kier molecular flexibility index (Phi) is 4.95. The monoisotopic (exact) mass is 290 g/mol.